The van der Waals surface area contributed by atoms with Crippen molar-refractivity contribution in [2.75, 3.05) is 7.05 Å². The molecule has 3 rings (SSSR count). The largest absolute Gasteiger partial charge is 0.336 e. The maximum absolute atomic E-state index is 12.2. The second kappa shape index (κ2) is 5.07. The number of para-hydroxylation sites is 1. The monoisotopic (exact) mass is 305 g/mol. The van der Waals surface area contributed by atoms with E-state index in [4.69, 9.17) is 0 Å². The van der Waals surface area contributed by atoms with Gasteiger partial charge >= 0.3 is 0 Å². The van der Waals surface area contributed by atoms with Gasteiger partial charge in [0.1, 0.15) is 10.9 Å². The molecule has 1 aliphatic rings. The lowest BCUT2D eigenvalue weighted by Gasteiger charge is -2.22. The van der Waals surface area contributed by atoms with E-state index in [1.54, 1.807) is 23.3 Å². The number of hydrogen-bond donors (Lipinski definition) is 0. The molecule has 1 aliphatic carbocycles. The van der Waals surface area contributed by atoms with E-state index in [0.717, 1.165) is 15.2 Å². The number of carbonyl (C=O) groups excluding carboxylic acids is 1. The van der Waals surface area contributed by atoms with Crippen LogP contribution in [0.25, 0.3) is 10.2 Å². The summed E-state index contributed by atoms with van der Waals surface area (Å²) in [5.41, 5.74) is 0.916. The van der Waals surface area contributed by atoms with E-state index in [0.29, 0.717) is 6.42 Å². The number of benzene rings is 1. The highest BCUT2D eigenvalue weighted by atomic mass is 32.1. The molecule has 0 radical (unpaired) electrons. The Labute approximate surface area is 125 Å². The third-order valence-electron chi connectivity index (χ3n) is 3.94. The van der Waals surface area contributed by atoms with Gasteiger partial charge in [0.05, 0.1) is 16.3 Å². The average Bonchev–Trinajstić information content (AvgIpc) is 3.16. The Morgan fingerprint density at radius 3 is 2.86 bits per heavy atom. The molecule has 0 spiro atoms. The van der Waals surface area contributed by atoms with E-state index in [2.05, 4.69) is 4.98 Å². The van der Waals surface area contributed by atoms with E-state index < -0.39 is 12.0 Å². The zero-order valence-electron chi connectivity index (χ0n) is 11.7. The fraction of sp³-hybridized carbons (Fsp3) is 0.429. The Morgan fingerprint density at radius 1 is 1.52 bits per heavy atom. The SMILES string of the molecule is C[C@H](c1nc2ccccc2s1)N(C)C(=O)[C@H]1C[C@@H]1[N+](=O)[O-]. The van der Waals surface area contributed by atoms with E-state index in [1.165, 1.54) is 0 Å². The van der Waals surface area contributed by atoms with Gasteiger partial charge in [-0.1, -0.05) is 12.1 Å². The summed E-state index contributed by atoms with van der Waals surface area (Å²) >= 11 is 1.55. The highest BCUT2D eigenvalue weighted by Crippen LogP contribution is 2.37. The number of hydrogen-bond acceptors (Lipinski definition) is 5. The molecule has 110 valence electrons. The molecule has 1 aromatic carbocycles. The first-order valence-corrected chi connectivity index (χ1v) is 7.56. The van der Waals surface area contributed by atoms with Crippen LogP contribution in [-0.4, -0.2) is 33.8 Å². The Hall–Kier alpha value is -2.02. The van der Waals surface area contributed by atoms with Gasteiger partial charge in [0.2, 0.25) is 11.9 Å². The Balaban J connectivity index is 1.76. The summed E-state index contributed by atoms with van der Waals surface area (Å²) in [6.07, 6.45) is 0.350. The number of rotatable bonds is 4. The summed E-state index contributed by atoms with van der Waals surface area (Å²) in [5.74, 6) is -0.634. The molecule has 21 heavy (non-hydrogen) atoms. The van der Waals surface area contributed by atoms with Gasteiger partial charge in [0.15, 0.2) is 0 Å². The normalized spacial score (nSPS) is 22.0. The third-order valence-corrected chi connectivity index (χ3v) is 5.15. The van der Waals surface area contributed by atoms with E-state index in [-0.39, 0.29) is 16.9 Å². The van der Waals surface area contributed by atoms with Crippen LogP contribution in [0.5, 0.6) is 0 Å². The zero-order chi connectivity index (χ0) is 15.1. The zero-order valence-corrected chi connectivity index (χ0v) is 12.5. The highest BCUT2D eigenvalue weighted by Gasteiger charge is 2.54. The molecule has 2 aromatic rings. The lowest BCUT2D eigenvalue weighted by atomic mass is 10.2. The van der Waals surface area contributed by atoms with Gasteiger partial charge in [-0.25, -0.2) is 4.98 Å². The van der Waals surface area contributed by atoms with Crippen molar-refractivity contribution in [3.63, 3.8) is 0 Å². The number of carbonyl (C=O) groups is 1. The molecule has 7 heteroatoms. The predicted octanol–water partition coefficient (Wildman–Crippen LogP) is 2.48. The molecule has 1 saturated carbocycles. The summed E-state index contributed by atoms with van der Waals surface area (Å²) < 4.78 is 1.08. The van der Waals surface area contributed by atoms with Gasteiger partial charge in [-0.05, 0) is 19.1 Å². The molecule has 0 saturated heterocycles. The molecule has 1 fully saturated rings. The van der Waals surface area contributed by atoms with Gasteiger partial charge in [0.25, 0.3) is 0 Å². The van der Waals surface area contributed by atoms with Gasteiger partial charge in [-0.3, -0.25) is 14.9 Å². The molecular weight excluding hydrogens is 290 g/mol. The van der Waals surface area contributed by atoms with Crippen molar-refractivity contribution in [3.05, 3.63) is 39.4 Å². The molecule has 3 atom stereocenters. The van der Waals surface area contributed by atoms with Crippen LogP contribution in [0.2, 0.25) is 0 Å². The van der Waals surface area contributed by atoms with Crippen molar-refractivity contribution in [3.8, 4) is 0 Å². The minimum atomic E-state index is -0.706. The lowest BCUT2D eigenvalue weighted by molar-refractivity contribution is -0.497. The van der Waals surface area contributed by atoms with Crippen LogP contribution in [0, 0.1) is 16.0 Å². The molecule has 0 N–H and O–H groups in total. The maximum Gasteiger partial charge on any atom is 0.233 e. The first-order chi connectivity index (χ1) is 9.99. The van der Waals surface area contributed by atoms with E-state index >= 15 is 0 Å². The van der Waals surface area contributed by atoms with Crippen LogP contribution in [0.1, 0.15) is 24.4 Å². The number of aromatic nitrogens is 1. The summed E-state index contributed by atoms with van der Waals surface area (Å²) in [5, 5.41) is 11.5. The summed E-state index contributed by atoms with van der Waals surface area (Å²) in [6.45, 7) is 1.90. The lowest BCUT2D eigenvalue weighted by Crippen LogP contribution is -2.32. The molecule has 0 bridgehead atoms. The standard InChI is InChI=1S/C14H15N3O3S/c1-8(13-15-10-5-3-4-6-12(10)21-13)16(2)14(18)9-7-11(9)17(19)20/h3-6,8-9,11H,7H2,1-2H3/t8-,9+,11+/m1/s1. The maximum atomic E-state index is 12.2. The molecular formula is C14H15N3O3S. The van der Waals surface area contributed by atoms with Crippen molar-refractivity contribution in [1.29, 1.82) is 0 Å². The van der Waals surface area contributed by atoms with Gasteiger partial charge in [-0.2, -0.15) is 0 Å². The minimum absolute atomic E-state index is 0.163. The Kier molecular flexibility index (Phi) is 3.36. The number of nitro groups is 1. The second-order valence-corrected chi connectivity index (χ2v) is 6.40. The number of fused-ring (bicyclic) bond motifs is 1. The smallest absolute Gasteiger partial charge is 0.233 e. The topological polar surface area (TPSA) is 76.3 Å². The second-order valence-electron chi connectivity index (χ2n) is 5.34. The van der Waals surface area contributed by atoms with Gasteiger partial charge < -0.3 is 4.90 Å². The number of amides is 1. The predicted molar refractivity (Wildman–Crippen MR) is 79.7 cm³/mol. The molecule has 1 heterocycles. The third kappa shape index (κ3) is 2.49. The minimum Gasteiger partial charge on any atom is -0.336 e. The van der Waals surface area contributed by atoms with Crippen LogP contribution >= 0.6 is 11.3 Å². The molecule has 1 aromatic heterocycles. The molecule has 1 amide bonds. The fourth-order valence-corrected chi connectivity index (χ4v) is 3.43. The van der Waals surface area contributed by atoms with Crippen molar-refractivity contribution in [1.82, 2.24) is 9.88 Å². The summed E-state index contributed by atoms with van der Waals surface area (Å²) in [7, 11) is 1.69. The quantitative estimate of drug-likeness (QED) is 0.642. The molecule has 0 unspecified atom stereocenters. The molecule has 6 nitrogen and oxygen atoms in total. The van der Waals surface area contributed by atoms with E-state index in [9.17, 15) is 14.9 Å². The van der Waals surface area contributed by atoms with Gasteiger partial charge in [0, 0.05) is 18.4 Å². The van der Waals surface area contributed by atoms with Crippen LogP contribution < -0.4 is 0 Å². The van der Waals surface area contributed by atoms with Crippen molar-refractivity contribution >= 4 is 27.5 Å². The first kappa shape index (κ1) is 13.9. The molecule has 0 aliphatic heterocycles. The fourth-order valence-electron chi connectivity index (χ4n) is 2.37. The van der Waals surface area contributed by atoms with Crippen LogP contribution in [-0.2, 0) is 4.79 Å². The summed E-state index contributed by atoms with van der Waals surface area (Å²) in [6, 6.07) is 6.93. The number of thiazole rings is 1. The average molecular weight is 305 g/mol. The van der Waals surface area contributed by atoms with Crippen LogP contribution in [0.15, 0.2) is 24.3 Å². The number of nitrogens with zero attached hydrogens (tertiary/aromatic N) is 3. The van der Waals surface area contributed by atoms with Crippen molar-refractivity contribution in [2.24, 2.45) is 5.92 Å². The Bertz CT molecular complexity index is 681. The van der Waals surface area contributed by atoms with Crippen LogP contribution in [0.4, 0.5) is 0 Å². The van der Waals surface area contributed by atoms with Crippen molar-refractivity contribution in [2.45, 2.75) is 25.4 Å². The van der Waals surface area contributed by atoms with E-state index in [1.807, 2.05) is 31.2 Å². The van der Waals surface area contributed by atoms with Crippen LogP contribution in [0.3, 0.4) is 0 Å². The van der Waals surface area contributed by atoms with Crippen molar-refractivity contribution < 1.29 is 9.72 Å². The summed E-state index contributed by atoms with van der Waals surface area (Å²) in [4.78, 5) is 28.7. The Morgan fingerprint density at radius 2 is 2.24 bits per heavy atom. The first-order valence-electron chi connectivity index (χ1n) is 6.74. The van der Waals surface area contributed by atoms with Gasteiger partial charge in [-0.15, -0.1) is 11.3 Å². The highest BCUT2D eigenvalue weighted by molar-refractivity contribution is 7.18.